The molecule has 7 nitrogen and oxygen atoms in total. The molecule has 1 aromatic carbocycles. The van der Waals surface area contributed by atoms with Gasteiger partial charge in [-0.2, -0.15) is 0 Å². The van der Waals surface area contributed by atoms with Crippen molar-refractivity contribution in [1.29, 1.82) is 0 Å². The molecule has 0 radical (unpaired) electrons. The molecule has 2 aromatic rings. The van der Waals surface area contributed by atoms with E-state index in [1.54, 1.807) is 13.0 Å². The molecule has 3 rings (SSSR count). The van der Waals surface area contributed by atoms with Crippen LogP contribution in [0.4, 0.5) is 4.39 Å². The Kier molecular flexibility index (Phi) is 6.77. The van der Waals surface area contributed by atoms with Gasteiger partial charge in [-0.15, -0.1) is 0 Å². The van der Waals surface area contributed by atoms with Gasteiger partial charge in [0, 0.05) is 37.8 Å². The van der Waals surface area contributed by atoms with Gasteiger partial charge >= 0.3 is 5.63 Å². The number of halogens is 1. The average Bonchev–Trinajstić information content (AvgIpc) is 2.71. The fraction of sp³-hybridized carbons (Fsp3) is 0.381. The van der Waals surface area contributed by atoms with Crippen LogP contribution < -0.4 is 16.3 Å². The highest BCUT2D eigenvalue weighted by Gasteiger charge is 2.22. The summed E-state index contributed by atoms with van der Waals surface area (Å²) in [5.74, 6) is -0.653. The van der Waals surface area contributed by atoms with Crippen molar-refractivity contribution in [2.45, 2.75) is 25.7 Å². The molecule has 0 spiro atoms. The average molecular weight is 402 g/mol. The molecule has 0 bridgehead atoms. The smallest absolute Gasteiger partial charge is 0.349 e. The zero-order valence-electron chi connectivity index (χ0n) is 16.1. The van der Waals surface area contributed by atoms with E-state index in [0.717, 1.165) is 12.8 Å². The maximum Gasteiger partial charge on any atom is 0.349 e. The highest BCUT2D eigenvalue weighted by Crippen LogP contribution is 2.27. The molecular formula is C21H23FN2O5. The number of amides is 2. The molecule has 29 heavy (non-hydrogen) atoms. The van der Waals surface area contributed by atoms with Crippen LogP contribution in [0.2, 0.25) is 0 Å². The minimum Gasteiger partial charge on any atom is -0.427 e. The van der Waals surface area contributed by atoms with Crippen LogP contribution in [0.3, 0.4) is 0 Å². The summed E-state index contributed by atoms with van der Waals surface area (Å²) in [5, 5.41) is 5.22. The Morgan fingerprint density at radius 1 is 1.07 bits per heavy atom. The second-order valence-electron chi connectivity index (χ2n) is 6.90. The lowest BCUT2D eigenvalue weighted by atomic mass is 9.95. The van der Waals surface area contributed by atoms with Crippen LogP contribution in [0.25, 0.3) is 0 Å². The minimum atomic E-state index is -0.667. The van der Waals surface area contributed by atoms with Crippen LogP contribution in [0, 0.1) is 12.7 Å². The van der Waals surface area contributed by atoms with Crippen molar-refractivity contribution in [2.24, 2.45) is 0 Å². The Morgan fingerprint density at radius 2 is 1.69 bits per heavy atom. The van der Waals surface area contributed by atoms with Gasteiger partial charge in [0.2, 0.25) is 0 Å². The summed E-state index contributed by atoms with van der Waals surface area (Å²) in [7, 11) is 0. The van der Waals surface area contributed by atoms with Crippen LogP contribution in [0.15, 0.2) is 39.5 Å². The highest BCUT2D eigenvalue weighted by molar-refractivity contribution is 5.95. The van der Waals surface area contributed by atoms with Crippen molar-refractivity contribution in [3.63, 3.8) is 0 Å². The standard InChI is InChI=1S/C21H23FN2O5/c1-13-12-17(14-6-10-28-11-7-14)29-21(27)18(13)20(26)24-9-8-23-19(25)15-2-4-16(22)5-3-15/h2-5,12,14H,6-11H2,1H3,(H,23,25)(H,24,26). The summed E-state index contributed by atoms with van der Waals surface area (Å²) in [6.45, 7) is 3.24. The molecule has 1 fully saturated rings. The number of rotatable bonds is 6. The van der Waals surface area contributed by atoms with E-state index in [0.29, 0.717) is 30.1 Å². The lowest BCUT2D eigenvalue weighted by Crippen LogP contribution is -2.36. The summed E-state index contributed by atoms with van der Waals surface area (Å²) in [4.78, 5) is 36.7. The fourth-order valence-corrected chi connectivity index (χ4v) is 3.23. The molecule has 2 amide bonds. The summed E-state index contributed by atoms with van der Waals surface area (Å²) >= 11 is 0. The summed E-state index contributed by atoms with van der Waals surface area (Å²) in [6.07, 6.45) is 1.56. The number of nitrogens with one attached hydrogen (secondary N) is 2. The first-order valence-corrected chi connectivity index (χ1v) is 9.50. The summed E-state index contributed by atoms with van der Waals surface area (Å²) in [6, 6.07) is 6.88. The molecule has 0 atom stereocenters. The van der Waals surface area contributed by atoms with Gasteiger partial charge in [0.15, 0.2) is 0 Å². The Balaban J connectivity index is 1.54. The van der Waals surface area contributed by atoms with Gasteiger partial charge in [-0.05, 0) is 55.7 Å². The van der Waals surface area contributed by atoms with E-state index in [1.807, 2.05) is 0 Å². The molecular weight excluding hydrogens is 379 g/mol. The van der Waals surface area contributed by atoms with E-state index in [-0.39, 0.29) is 30.5 Å². The van der Waals surface area contributed by atoms with Crippen molar-refractivity contribution < 1.29 is 23.1 Å². The first kappa shape index (κ1) is 20.7. The number of hydrogen-bond donors (Lipinski definition) is 2. The second kappa shape index (κ2) is 9.47. The molecule has 0 aliphatic carbocycles. The normalized spacial score (nSPS) is 14.4. The molecule has 2 N–H and O–H groups in total. The monoisotopic (exact) mass is 402 g/mol. The van der Waals surface area contributed by atoms with Gasteiger partial charge in [0.05, 0.1) is 0 Å². The molecule has 1 aliphatic heterocycles. The summed E-state index contributed by atoms with van der Waals surface area (Å²) in [5.41, 5.74) is 0.165. The Bertz CT molecular complexity index is 933. The van der Waals surface area contributed by atoms with Crippen molar-refractivity contribution in [2.75, 3.05) is 26.3 Å². The third kappa shape index (κ3) is 5.29. The quantitative estimate of drug-likeness (QED) is 0.722. The number of ether oxygens (including phenoxy) is 1. The van der Waals surface area contributed by atoms with E-state index < -0.39 is 17.3 Å². The van der Waals surface area contributed by atoms with Gasteiger partial charge in [0.1, 0.15) is 17.1 Å². The van der Waals surface area contributed by atoms with Gasteiger partial charge in [-0.25, -0.2) is 9.18 Å². The van der Waals surface area contributed by atoms with Gasteiger partial charge in [0.25, 0.3) is 11.8 Å². The third-order valence-electron chi connectivity index (χ3n) is 4.82. The molecule has 0 saturated carbocycles. The zero-order chi connectivity index (χ0) is 20.8. The van der Waals surface area contributed by atoms with E-state index in [2.05, 4.69) is 10.6 Å². The van der Waals surface area contributed by atoms with Gasteiger partial charge in [-0.1, -0.05) is 0 Å². The minimum absolute atomic E-state index is 0.0364. The van der Waals surface area contributed by atoms with Crippen LogP contribution in [-0.4, -0.2) is 38.1 Å². The molecule has 1 aliphatic rings. The third-order valence-corrected chi connectivity index (χ3v) is 4.82. The molecule has 0 unspecified atom stereocenters. The number of carbonyl (C=O) groups excluding carboxylic acids is 2. The van der Waals surface area contributed by atoms with E-state index in [9.17, 15) is 18.8 Å². The molecule has 154 valence electrons. The van der Waals surface area contributed by atoms with Crippen LogP contribution in [0.5, 0.6) is 0 Å². The van der Waals surface area contributed by atoms with Crippen LogP contribution >= 0.6 is 0 Å². The molecule has 8 heteroatoms. The predicted molar refractivity (Wildman–Crippen MR) is 104 cm³/mol. The summed E-state index contributed by atoms with van der Waals surface area (Å²) < 4.78 is 23.6. The second-order valence-corrected chi connectivity index (χ2v) is 6.90. The Labute approximate surface area is 167 Å². The van der Waals surface area contributed by atoms with E-state index >= 15 is 0 Å². The van der Waals surface area contributed by atoms with Crippen molar-refractivity contribution >= 4 is 11.8 Å². The maximum absolute atomic E-state index is 12.9. The lowest BCUT2D eigenvalue weighted by Gasteiger charge is -2.21. The molecule has 2 heterocycles. The Hall–Kier alpha value is -3.00. The first-order valence-electron chi connectivity index (χ1n) is 9.50. The maximum atomic E-state index is 12.9. The fourth-order valence-electron chi connectivity index (χ4n) is 3.23. The Morgan fingerprint density at radius 3 is 2.31 bits per heavy atom. The number of carbonyl (C=O) groups is 2. The largest absolute Gasteiger partial charge is 0.427 e. The number of benzene rings is 1. The SMILES string of the molecule is Cc1cc(C2CCOCC2)oc(=O)c1C(=O)NCCNC(=O)c1ccc(F)cc1. The van der Waals surface area contributed by atoms with E-state index in [4.69, 9.17) is 9.15 Å². The number of hydrogen-bond acceptors (Lipinski definition) is 5. The first-order chi connectivity index (χ1) is 14.0. The molecule has 1 saturated heterocycles. The zero-order valence-corrected chi connectivity index (χ0v) is 16.1. The highest BCUT2D eigenvalue weighted by atomic mass is 19.1. The van der Waals surface area contributed by atoms with Crippen molar-refractivity contribution in [1.82, 2.24) is 10.6 Å². The van der Waals surface area contributed by atoms with Crippen molar-refractivity contribution in [3.05, 3.63) is 69.0 Å². The van der Waals surface area contributed by atoms with Gasteiger partial charge in [-0.3, -0.25) is 9.59 Å². The topological polar surface area (TPSA) is 97.6 Å². The van der Waals surface area contributed by atoms with Crippen LogP contribution in [0.1, 0.15) is 50.8 Å². The van der Waals surface area contributed by atoms with E-state index in [1.165, 1.54) is 24.3 Å². The van der Waals surface area contributed by atoms with Crippen molar-refractivity contribution in [3.8, 4) is 0 Å². The van der Waals surface area contributed by atoms with Gasteiger partial charge < -0.3 is 19.8 Å². The van der Waals surface area contributed by atoms with Crippen LogP contribution in [-0.2, 0) is 4.74 Å². The molecule has 1 aromatic heterocycles. The predicted octanol–water partition coefficient (Wildman–Crippen LogP) is 2.14. The number of aryl methyl sites for hydroxylation is 1. The lowest BCUT2D eigenvalue weighted by molar-refractivity contribution is 0.0795.